The SMILES string of the molecule is O=C(OCc1ccc(Br)cc1)C1CCCCCN1. The van der Waals surface area contributed by atoms with Crippen molar-refractivity contribution in [3.8, 4) is 0 Å². The van der Waals surface area contributed by atoms with Crippen LogP contribution in [0.1, 0.15) is 31.2 Å². The highest BCUT2D eigenvalue weighted by molar-refractivity contribution is 9.10. The Kier molecular flexibility index (Phi) is 5.20. The molecule has 0 saturated carbocycles. The van der Waals surface area contributed by atoms with Gasteiger partial charge in [-0.3, -0.25) is 4.79 Å². The number of halogens is 1. The van der Waals surface area contributed by atoms with E-state index in [4.69, 9.17) is 4.74 Å². The molecule has 1 heterocycles. The van der Waals surface area contributed by atoms with Gasteiger partial charge in [0.25, 0.3) is 0 Å². The average molecular weight is 312 g/mol. The summed E-state index contributed by atoms with van der Waals surface area (Å²) in [5.41, 5.74) is 1.01. The van der Waals surface area contributed by atoms with Gasteiger partial charge in [0.1, 0.15) is 12.6 Å². The molecule has 1 saturated heterocycles. The van der Waals surface area contributed by atoms with Gasteiger partial charge in [0, 0.05) is 4.47 Å². The van der Waals surface area contributed by atoms with Crippen LogP contribution < -0.4 is 5.32 Å². The van der Waals surface area contributed by atoms with Crippen LogP contribution in [0, 0.1) is 0 Å². The maximum atomic E-state index is 11.9. The van der Waals surface area contributed by atoms with Crippen LogP contribution in [0.4, 0.5) is 0 Å². The van der Waals surface area contributed by atoms with Crippen molar-refractivity contribution < 1.29 is 9.53 Å². The fourth-order valence-electron chi connectivity index (χ4n) is 2.07. The lowest BCUT2D eigenvalue weighted by molar-refractivity contribution is -0.147. The summed E-state index contributed by atoms with van der Waals surface area (Å²) in [6.07, 6.45) is 4.34. The predicted molar refractivity (Wildman–Crippen MR) is 74.2 cm³/mol. The van der Waals surface area contributed by atoms with E-state index in [9.17, 15) is 4.79 Å². The molecule has 0 amide bonds. The molecule has 98 valence electrons. The summed E-state index contributed by atoms with van der Waals surface area (Å²) in [5, 5.41) is 3.24. The van der Waals surface area contributed by atoms with Crippen LogP contribution in [-0.2, 0) is 16.1 Å². The molecule has 1 aromatic rings. The monoisotopic (exact) mass is 311 g/mol. The van der Waals surface area contributed by atoms with E-state index in [0.29, 0.717) is 6.61 Å². The van der Waals surface area contributed by atoms with Crippen LogP contribution in [0.25, 0.3) is 0 Å². The molecule has 0 bridgehead atoms. The Morgan fingerprint density at radius 2 is 2.06 bits per heavy atom. The first-order valence-electron chi connectivity index (χ1n) is 6.40. The Morgan fingerprint density at radius 3 is 2.83 bits per heavy atom. The predicted octanol–water partition coefficient (Wildman–Crippen LogP) is 3.02. The summed E-state index contributed by atoms with van der Waals surface area (Å²) in [7, 11) is 0. The molecule has 1 aliphatic heterocycles. The highest BCUT2D eigenvalue weighted by Gasteiger charge is 2.20. The second kappa shape index (κ2) is 6.90. The van der Waals surface area contributed by atoms with E-state index in [1.54, 1.807) is 0 Å². The van der Waals surface area contributed by atoms with Crippen molar-refractivity contribution in [2.45, 2.75) is 38.3 Å². The van der Waals surface area contributed by atoms with Gasteiger partial charge in [-0.2, -0.15) is 0 Å². The number of nitrogens with one attached hydrogen (secondary N) is 1. The molecule has 1 atom stereocenters. The number of benzene rings is 1. The van der Waals surface area contributed by atoms with Gasteiger partial charge in [0.2, 0.25) is 0 Å². The highest BCUT2D eigenvalue weighted by Crippen LogP contribution is 2.13. The molecule has 2 rings (SSSR count). The molecular formula is C14H18BrNO2. The number of rotatable bonds is 3. The molecule has 4 heteroatoms. The molecule has 1 unspecified atom stereocenters. The Balaban J connectivity index is 1.81. The van der Waals surface area contributed by atoms with E-state index < -0.39 is 0 Å². The average Bonchev–Trinajstić information content (AvgIpc) is 2.66. The maximum Gasteiger partial charge on any atom is 0.323 e. The van der Waals surface area contributed by atoms with Crippen molar-refractivity contribution in [3.63, 3.8) is 0 Å². The molecular weight excluding hydrogens is 294 g/mol. The van der Waals surface area contributed by atoms with Gasteiger partial charge >= 0.3 is 5.97 Å². The summed E-state index contributed by atoms with van der Waals surface area (Å²) in [6, 6.07) is 7.69. The normalized spacial score (nSPS) is 20.2. The van der Waals surface area contributed by atoms with Crippen molar-refractivity contribution in [1.29, 1.82) is 0 Å². The topological polar surface area (TPSA) is 38.3 Å². The van der Waals surface area contributed by atoms with Gasteiger partial charge in [0.15, 0.2) is 0 Å². The number of carbonyl (C=O) groups is 1. The molecule has 3 nitrogen and oxygen atoms in total. The third kappa shape index (κ3) is 4.10. The second-order valence-corrected chi connectivity index (χ2v) is 5.51. The zero-order valence-electron chi connectivity index (χ0n) is 10.3. The molecule has 0 spiro atoms. The summed E-state index contributed by atoms with van der Waals surface area (Å²) in [6.45, 7) is 1.27. The van der Waals surface area contributed by atoms with Crippen molar-refractivity contribution in [2.75, 3.05) is 6.54 Å². The van der Waals surface area contributed by atoms with Crippen LogP contribution in [0.15, 0.2) is 28.7 Å². The van der Waals surface area contributed by atoms with E-state index >= 15 is 0 Å². The van der Waals surface area contributed by atoms with Gasteiger partial charge in [-0.05, 0) is 37.1 Å². The first kappa shape index (κ1) is 13.6. The lowest BCUT2D eigenvalue weighted by Gasteiger charge is -2.14. The molecule has 0 radical (unpaired) electrons. The fraction of sp³-hybridized carbons (Fsp3) is 0.500. The Morgan fingerprint density at radius 1 is 1.28 bits per heavy atom. The smallest absolute Gasteiger partial charge is 0.323 e. The third-order valence-electron chi connectivity index (χ3n) is 3.14. The second-order valence-electron chi connectivity index (χ2n) is 4.59. The van der Waals surface area contributed by atoms with E-state index in [1.807, 2.05) is 24.3 Å². The number of hydrogen-bond acceptors (Lipinski definition) is 3. The van der Waals surface area contributed by atoms with Crippen LogP contribution >= 0.6 is 15.9 Å². The Labute approximate surface area is 116 Å². The van der Waals surface area contributed by atoms with E-state index in [0.717, 1.165) is 35.8 Å². The summed E-state index contributed by atoms with van der Waals surface area (Å²) < 4.78 is 6.38. The maximum absolute atomic E-state index is 11.9. The zero-order chi connectivity index (χ0) is 12.8. The van der Waals surface area contributed by atoms with Crippen molar-refractivity contribution >= 4 is 21.9 Å². The molecule has 1 aliphatic rings. The van der Waals surface area contributed by atoms with Crippen molar-refractivity contribution in [2.24, 2.45) is 0 Å². The molecule has 1 N–H and O–H groups in total. The summed E-state index contributed by atoms with van der Waals surface area (Å²) >= 11 is 3.38. The summed E-state index contributed by atoms with van der Waals surface area (Å²) in [5.74, 6) is -0.125. The van der Waals surface area contributed by atoms with Gasteiger partial charge in [0.05, 0.1) is 0 Å². The van der Waals surface area contributed by atoms with Gasteiger partial charge in [-0.15, -0.1) is 0 Å². The van der Waals surface area contributed by atoms with Crippen LogP contribution in [0.3, 0.4) is 0 Å². The van der Waals surface area contributed by atoms with E-state index in [2.05, 4.69) is 21.2 Å². The fourth-order valence-corrected chi connectivity index (χ4v) is 2.33. The van der Waals surface area contributed by atoms with E-state index in [-0.39, 0.29) is 12.0 Å². The van der Waals surface area contributed by atoms with Crippen LogP contribution in [-0.4, -0.2) is 18.6 Å². The summed E-state index contributed by atoms with van der Waals surface area (Å²) in [4.78, 5) is 11.9. The minimum atomic E-state index is -0.125. The number of ether oxygens (including phenoxy) is 1. The first-order chi connectivity index (χ1) is 8.75. The minimum absolute atomic E-state index is 0.122. The molecule has 1 aromatic carbocycles. The minimum Gasteiger partial charge on any atom is -0.460 e. The third-order valence-corrected chi connectivity index (χ3v) is 3.67. The largest absolute Gasteiger partial charge is 0.460 e. The molecule has 1 fully saturated rings. The molecule has 0 aromatic heterocycles. The Bertz CT molecular complexity index is 383. The zero-order valence-corrected chi connectivity index (χ0v) is 11.9. The number of hydrogen-bond donors (Lipinski definition) is 1. The number of esters is 1. The quantitative estimate of drug-likeness (QED) is 0.872. The molecule has 0 aliphatic carbocycles. The Hall–Kier alpha value is -0.870. The lowest BCUT2D eigenvalue weighted by atomic mass is 10.1. The highest BCUT2D eigenvalue weighted by atomic mass is 79.9. The standard InChI is InChI=1S/C14H18BrNO2/c15-12-7-5-11(6-8-12)10-18-14(17)13-4-2-1-3-9-16-13/h5-8,13,16H,1-4,9-10H2. The van der Waals surface area contributed by atoms with Crippen LogP contribution in [0.5, 0.6) is 0 Å². The van der Waals surface area contributed by atoms with Crippen molar-refractivity contribution in [3.05, 3.63) is 34.3 Å². The van der Waals surface area contributed by atoms with Gasteiger partial charge in [-0.25, -0.2) is 0 Å². The van der Waals surface area contributed by atoms with Crippen molar-refractivity contribution in [1.82, 2.24) is 5.32 Å². The number of carbonyl (C=O) groups excluding carboxylic acids is 1. The van der Waals surface area contributed by atoms with E-state index in [1.165, 1.54) is 6.42 Å². The molecule has 18 heavy (non-hydrogen) atoms. The van der Waals surface area contributed by atoms with Gasteiger partial charge in [-0.1, -0.05) is 40.9 Å². The van der Waals surface area contributed by atoms with Crippen LogP contribution in [0.2, 0.25) is 0 Å². The van der Waals surface area contributed by atoms with Gasteiger partial charge < -0.3 is 10.1 Å². The lowest BCUT2D eigenvalue weighted by Crippen LogP contribution is -2.37. The first-order valence-corrected chi connectivity index (χ1v) is 7.19.